The summed E-state index contributed by atoms with van der Waals surface area (Å²) in [5.41, 5.74) is 0.571. The van der Waals surface area contributed by atoms with Crippen LogP contribution in [-0.4, -0.2) is 22.1 Å². The molecule has 0 atom stereocenters. The number of ether oxygens (including phenoxy) is 2. The van der Waals surface area contributed by atoms with Gasteiger partial charge in [-0.25, -0.2) is 9.78 Å². The average molecular weight is 374 g/mol. The third-order valence-electron chi connectivity index (χ3n) is 3.87. The third kappa shape index (κ3) is 4.14. The molecule has 0 fully saturated rings. The van der Waals surface area contributed by atoms with Gasteiger partial charge in [0.15, 0.2) is 12.4 Å². The van der Waals surface area contributed by atoms with Gasteiger partial charge in [-0.3, -0.25) is 9.36 Å². The second-order valence-corrected chi connectivity index (χ2v) is 5.68. The average Bonchev–Trinajstić information content (AvgIpc) is 2.73. The summed E-state index contributed by atoms with van der Waals surface area (Å²) >= 11 is 0. The molecule has 0 aliphatic carbocycles. The van der Waals surface area contributed by atoms with E-state index in [-0.39, 0.29) is 31.1 Å². The van der Waals surface area contributed by atoms with Crippen LogP contribution in [0.3, 0.4) is 0 Å². The lowest BCUT2D eigenvalue weighted by atomic mass is 10.2. The van der Waals surface area contributed by atoms with Crippen LogP contribution in [0.25, 0.3) is 10.9 Å². The monoisotopic (exact) mass is 374 g/mol. The second kappa shape index (κ2) is 8.47. The molecular weight excluding hydrogens is 360 g/mol. The van der Waals surface area contributed by atoms with Gasteiger partial charge in [-0.15, -0.1) is 0 Å². The van der Waals surface area contributed by atoms with Crippen molar-refractivity contribution in [2.75, 3.05) is 6.61 Å². The molecule has 0 amide bonds. The summed E-state index contributed by atoms with van der Waals surface area (Å²) in [4.78, 5) is 28.8. The van der Waals surface area contributed by atoms with Crippen molar-refractivity contribution in [1.29, 1.82) is 10.5 Å². The number of benzene rings is 2. The quantitative estimate of drug-likeness (QED) is 0.605. The molecule has 3 rings (SSSR count). The van der Waals surface area contributed by atoms with Crippen LogP contribution < -0.4 is 10.3 Å². The molecule has 0 N–H and O–H groups in total. The van der Waals surface area contributed by atoms with Crippen molar-refractivity contribution in [2.24, 2.45) is 0 Å². The molecule has 1 aromatic heterocycles. The predicted molar refractivity (Wildman–Crippen MR) is 98.1 cm³/mol. The van der Waals surface area contributed by atoms with E-state index in [1.165, 1.54) is 4.57 Å². The highest BCUT2D eigenvalue weighted by Gasteiger charge is 2.13. The van der Waals surface area contributed by atoms with Crippen LogP contribution >= 0.6 is 0 Å². The van der Waals surface area contributed by atoms with Gasteiger partial charge in [-0.1, -0.05) is 12.1 Å². The van der Waals surface area contributed by atoms with Gasteiger partial charge in [0.25, 0.3) is 5.56 Å². The van der Waals surface area contributed by atoms with Crippen molar-refractivity contribution >= 4 is 16.9 Å². The van der Waals surface area contributed by atoms with E-state index in [0.717, 1.165) is 0 Å². The number of nitriles is 2. The number of rotatable bonds is 6. The van der Waals surface area contributed by atoms with E-state index >= 15 is 0 Å². The van der Waals surface area contributed by atoms with E-state index in [9.17, 15) is 9.59 Å². The predicted octanol–water partition coefficient (Wildman–Crippen LogP) is 1.91. The van der Waals surface area contributed by atoms with E-state index in [4.69, 9.17) is 20.0 Å². The molecule has 0 aliphatic heterocycles. The maximum absolute atomic E-state index is 12.5. The van der Waals surface area contributed by atoms with Crippen molar-refractivity contribution < 1.29 is 14.3 Å². The van der Waals surface area contributed by atoms with Gasteiger partial charge in [0.2, 0.25) is 0 Å². The van der Waals surface area contributed by atoms with Gasteiger partial charge in [0.1, 0.15) is 18.9 Å². The molecule has 0 aliphatic rings. The second-order valence-electron chi connectivity index (χ2n) is 5.68. The van der Waals surface area contributed by atoms with Crippen LogP contribution in [0.5, 0.6) is 5.75 Å². The first kappa shape index (κ1) is 18.6. The van der Waals surface area contributed by atoms with E-state index in [1.807, 2.05) is 12.1 Å². The van der Waals surface area contributed by atoms with Gasteiger partial charge in [0, 0.05) is 0 Å². The molecule has 8 heteroatoms. The highest BCUT2D eigenvalue weighted by molar-refractivity contribution is 5.77. The van der Waals surface area contributed by atoms with Gasteiger partial charge in [-0.2, -0.15) is 10.5 Å². The van der Waals surface area contributed by atoms with Crippen LogP contribution in [0.4, 0.5) is 0 Å². The Morgan fingerprint density at radius 1 is 1.11 bits per heavy atom. The first-order valence-corrected chi connectivity index (χ1v) is 8.26. The number of esters is 1. The Morgan fingerprint density at radius 2 is 1.86 bits per heavy atom. The number of para-hydroxylation sites is 1. The Bertz CT molecular complexity index is 1150. The van der Waals surface area contributed by atoms with Crippen LogP contribution in [0.1, 0.15) is 11.4 Å². The Balaban J connectivity index is 1.69. The number of fused-ring (bicyclic) bond motifs is 1. The molecule has 0 spiro atoms. The molecule has 3 aromatic rings. The molecule has 0 unspecified atom stereocenters. The van der Waals surface area contributed by atoms with Crippen molar-refractivity contribution in [1.82, 2.24) is 9.55 Å². The summed E-state index contributed by atoms with van der Waals surface area (Å²) in [6.45, 7) is -0.815. The van der Waals surface area contributed by atoms with Gasteiger partial charge in [-0.05, 0) is 36.4 Å². The number of hydrogen-bond acceptors (Lipinski definition) is 7. The number of carbonyl (C=O) groups excluding carboxylic acids is 1. The zero-order valence-corrected chi connectivity index (χ0v) is 14.7. The SMILES string of the molecule is N#CCn1c(COC(=O)COc2ccc(C#N)cc2)nc2ccccc2c1=O. The van der Waals surface area contributed by atoms with Crippen LogP contribution in [0.2, 0.25) is 0 Å². The maximum Gasteiger partial charge on any atom is 0.344 e. The first-order chi connectivity index (χ1) is 13.6. The minimum atomic E-state index is -0.657. The van der Waals surface area contributed by atoms with Crippen LogP contribution in [-0.2, 0) is 22.7 Å². The zero-order valence-electron chi connectivity index (χ0n) is 14.7. The zero-order chi connectivity index (χ0) is 19.9. The Labute approximate surface area is 159 Å². The smallest absolute Gasteiger partial charge is 0.344 e. The van der Waals surface area contributed by atoms with Gasteiger partial charge in [0.05, 0.1) is 28.6 Å². The minimum Gasteiger partial charge on any atom is -0.482 e. The maximum atomic E-state index is 12.5. The molecule has 2 aromatic carbocycles. The number of carbonyl (C=O) groups is 1. The highest BCUT2D eigenvalue weighted by Crippen LogP contribution is 2.12. The first-order valence-electron chi connectivity index (χ1n) is 8.26. The molecule has 0 saturated carbocycles. The third-order valence-corrected chi connectivity index (χ3v) is 3.87. The highest BCUT2D eigenvalue weighted by atomic mass is 16.6. The Morgan fingerprint density at radius 3 is 2.57 bits per heavy atom. The molecule has 0 bridgehead atoms. The molecule has 8 nitrogen and oxygen atoms in total. The van der Waals surface area contributed by atoms with Crippen LogP contribution in [0, 0.1) is 22.7 Å². The summed E-state index contributed by atoms with van der Waals surface area (Å²) in [7, 11) is 0. The molecule has 138 valence electrons. The van der Waals surface area contributed by atoms with Crippen molar-refractivity contribution in [2.45, 2.75) is 13.2 Å². The minimum absolute atomic E-state index is 0.178. The lowest BCUT2D eigenvalue weighted by Gasteiger charge is -2.11. The van der Waals surface area contributed by atoms with Gasteiger partial charge < -0.3 is 9.47 Å². The van der Waals surface area contributed by atoms with Crippen molar-refractivity contribution in [3.8, 4) is 17.9 Å². The molecular formula is C20H14N4O4. The summed E-state index contributed by atoms with van der Waals surface area (Å²) < 4.78 is 11.6. The lowest BCUT2D eigenvalue weighted by Crippen LogP contribution is -2.26. The van der Waals surface area contributed by atoms with Crippen molar-refractivity contribution in [3.63, 3.8) is 0 Å². The van der Waals surface area contributed by atoms with Crippen molar-refractivity contribution in [3.05, 3.63) is 70.3 Å². The largest absolute Gasteiger partial charge is 0.482 e. The Kier molecular flexibility index (Phi) is 5.63. The van der Waals surface area contributed by atoms with E-state index in [0.29, 0.717) is 22.2 Å². The number of hydrogen-bond donors (Lipinski definition) is 0. The molecule has 0 saturated heterocycles. The van der Waals surface area contributed by atoms with Gasteiger partial charge >= 0.3 is 5.97 Å². The van der Waals surface area contributed by atoms with E-state index in [1.54, 1.807) is 48.5 Å². The number of aromatic nitrogens is 2. The summed E-state index contributed by atoms with van der Waals surface area (Å²) in [5, 5.41) is 18.1. The normalized spacial score (nSPS) is 10.1. The van der Waals surface area contributed by atoms with E-state index < -0.39 is 5.97 Å². The molecule has 28 heavy (non-hydrogen) atoms. The number of nitrogens with zero attached hydrogens (tertiary/aromatic N) is 4. The van der Waals surface area contributed by atoms with E-state index in [2.05, 4.69) is 4.98 Å². The fourth-order valence-electron chi connectivity index (χ4n) is 2.51. The molecule has 1 heterocycles. The topological polar surface area (TPSA) is 118 Å². The Hall–Kier alpha value is -4.17. The fourth-order valence-corrected chi connectivity index (χ4v) is 2.51. The summed E-state index contributed by atoms with van der Waals surface area (Å²) in [6.07, 6.45) is 0. The van der Waals surface area contributed by atoms with Crippen LogP contribution in [0.15, 0.2) is 53.3 Å². The molecule has 0 radical (unpaired) electrons. The fraction of sp³-hybridized carbons (Fsp3) is 0.150. The standard InChI is InChI=1S/C20H14N4O4/c21-9-10-24-18(23-17-4-2-1-3-16(17)20(24)26)12-28-19(25)13-27-15-7-5-14(11-22)6-8-15/h1-8H,10,12-13H2. The summed E-state index contributed by atoms with van der Waals surface area (Å²) in [6, 6.07) is 16.9. The summed E-state index contributed by atoms with van der Waals surface area (Å²) in [5.74, 6) is -0.0617. The lowest BCUT2D eigenvalue weighted by molar-refractivity contribution is -0.147.